The molecule has 2 aromatic rings. The number of nitrogens with zero attached hydrogens (tertiary/aromatic N) is 3. The maximum absolute atomic E-state index is 7.30. The molecule has 1 heterocycles. The molecule has 0 aliphatic carbocycles. The highest BCUT2D eigenvalue weighted by molar-refractivity contribution is 5.92. The molecule has 2 rings (SSSR count). The van der Waals surface area contributed by atoms with Crippen molar-refractivity contribution in [2.75, 3.05) is 11.9 Å². The maximum atomic E-state index is 7.30. The molecule has 98 valence electrons. The molecule has 1 aromatic heterocycles. The summed E-state index contributed by atoms with van der Waals surface area (Å²) in [4.78, 5) is 10.3. The molecule has 0 radical (unpaired) electrons. The lowest BCUT2D eigenvalue weighted by Crippen LogP contribution is -2.16. The van der Waals surface area contributed by atoms with Crippen molar-refractivity contribution in [3.63, 3.8) is 0 Å². The van der Waals surface area contributed by atoms with E-state index in [1.165, 1.54) is 17.3 Å². The van der Waals surface area contributed by atoms with Crippen LogP contribution in [0.1, 0.15) is 16.8 Å². The standard InChI is InChI=1S/C14H17N5/c1-9-4-10(2)6-11(5-9)19(3)13-8-17-12(7-18-13)14(15)16/h4-8H,1-3H3,(H3,15,16). The van der Waals surface area contributed by atoms with Crippen LogP contribution in [-0.4, -0.2) is 22.9 Å². The van der Waals surface area contributed by atoms with Gasteiger partial charge in [0.2, 0.25) is 0 Å². The average Bonchev–Trinajstić information content (AvgIpc) is 2.37. The van der Waals surface area contributed by atoms with E-state index >= 15 is 0 Å². The van der Waals surface area contributed by atoms with Gasteiger partial charge in [0.05, 0.1) is 12.4 Å². The molecule has 0 spiro atoms. The molecule has 0 amide bonds. The smallest absolute Gasteiger partial charge is 0.151 e. The van der Waals surface area contributed by atoms with Gasteiger partial charge < -0.3 is 10.6 Å². The Morgan fingerprint density at radius 2 is 1.74 bits per heavy atom. The van der Waals surface area contributed by atoms with Gasteiger partial charge in [-0.3, -0.25) is 5.41 Å². The summed E-state index contributed by atoms with van der Waals surface area (Å²) in [5.74, 6) is 0.642. The van der Waals surface area contributed by atoms with Crippen LogP contribution in [0.4, 0.5) is 11.5 Å². The van der Waals surface area contributed by atoms with Crippen molar-refractivity contribution in [1.82, 2.24) is 9.97 Å². The Bertz CT molecular complexity index is 583. The summed E-state index contributed by atoms with van der Waals surface area (Å²) in [6.45, 7) is 4.13. The van der Waals surface area contributed by atoms with Crippen molar-refractivity contribution in [2.45, 2.75) is 13.8 Å². The number of nitrogen functional groups attached to an aromatic ring is 1. The molecule has 19 heavy (non-hydrogen) atoms. The SMILES string of the molecule is Cc1cc(C)cc(N(C)c2cnc(C(=N)N)cn2)c1. The summed E-state index contributed by atoms with van der Waals surface area (Å²) in [5, 5.41) is 7.30. The fourth-order valence-corrected chi connectivity index (χ4v) is 1.91. The second-order valence-electron chi connectivity index (χ2n) is 4.58. The molecule has 0 saturated carbocycles. The van der Waals surface area contributed by atoms with Gasteiger partial charge in [-0.25, -0.2) is 9.97 Å². The zero-order chi connectivity index (χ0) is 14.0. The third-order valence-electron chi connectivity index (χ3n) is 2.85. The van der Waals surface area contributed by atoms with Crippen molar-refractivity contribution < 1.29 is 0 Å². The first-order valence-electron chi connectivity index (χ1n) is 5.96. The zero-order valence-electron chi connectivity index (χ0n) is 11.3. The van der Waals surface area contributed by atoms with Gasteiger partial charge in [-0.05, 0) is 37.1 Å². The summed E-state index contributed by atoms with van der Waals surface area (Å²) >= 11 is 0. The molecule has 0 aliphatic rings. The Balaban J connectivity index is 2.32. The van der Waals surface area contributed by atoms with Gasteiger partial charge >= 0.3 is 0 Å². The number of hydrogen-bond donors (Lipinski definition) is 2. The van der Waals surface area contributed by atoms with Crippen molar-refractivity contribution in [2.24, 2.45) is 5.73 Å². The zero-order valence-corrected chi connectivity index (χ0v) is 11.3. The number of benzene rings is 1. The van der Waals surface area contributed by atoms with Crippen molar-refractivity contribution in [1.29, 1.82) is 5.41 Å². The lowest BCUT2D eigenvalue weighted by Gasteiger charge is -2.19. The molecule has 5 heteroatoms. The average molecular weight is 255 g/mol. The van der Waals surface area contributed by atoms with E-state index in [-0.39, 0.29) is 5.84 Å². The minimum Gasteiger partial charge on any atom is -0.382 e. The first kappa shape index (κ1) is 13.0. The van der Waals surface area contributed by atoms with Crippen LogP contribution in [0.25, 0.3) is 0 Å². The molecule has 0 atom stereocenters. The van der Waals surface area contributed by atoms with Crippen molar-refractivity contribution >= 4 is 17.3 Å². The normalized spacial score (nSPS) is 10.3. The van der Waals surface area contributed by atoms with Crippen molar-refractivity contribution in [3.8, 4) is 0 Å². The number of nitrogens with one attached hydrogen (secondary N) is 1. The van der Waals surface area contributed by atoms with Crippen molar-refractivity contribution in [3.05, 3.63) is 47.4 Å². The minimum absolute atomic E-state index is 0.0758. The third-order valence-corrected chi connectivity index (χ3v) is 2.85. The molecular formula is C14H17N5. The van der Waals surface area contributed by atoms with Crippen LogP contribution in [0.15, 0.2) is 30.6 Å². The van der Waals surface area contributed by atoms with Crippen LogP contribution in [0.3, 0.4) is 0 Å². The molecule has 3 N–H and O–H groups in total. The van der Waals surface area contributed by atoms with E-state index in [1.807, 2.05) is 11.9 Å². The summed E-state index contributed by atoms with van der Waals surface area (Å²) in [7, 11) is 1.94. The molecule has 1 aromatic carbocycles. The quantitative estimate of drug-likeness (QED) is 0.650. The number of aryl methyl sites for hydroxylation is 2. The highest BCUT2D eigenvalue weighted by Gasteiger charge is 2.08. The van der Waals surface area contributed by atoms with E-state index in [2.05, 4.69) is 42.0 Å². The van der Waals surface area contributed by atoms with Gasteiger partial charge in [-0.1, -0.05) is 6.07 Å². The molecule has 0 unspecified atom stereocenters. The number of anilines is 2. The summed E-state index contributed by atoms with van der Waals surface area (Å²) in [6, 6.07) is 6.31. The van der Waals surface area contributed by atoms with Crippen LogP contribution in [-0.2, 0) is 0 Å². The molecule has 0 bridgehead atoms. The second kappa shape index (κ2) is 5.06. The van der Waals surface area contributed by atoms with Crippen LogP contribution < -0.4 is 10.6 Å². The molecular weight excluding hydrogens is 238 g/mol. The van der Waals surface area contributed by atoms with E-state index in [9.17, 15) is 0 Å². The highest BCUT2D eigenvalue weighted by atomic mass is 15.2. The Morgan fingerprint density at radius 3 is 2.21 bits per heavy atom. The van der Waals surface area contributed by atoms with Gasteiger partial charge in [0.15, 0.2) is 5.82 Å². The van der Waals surface area contributed by atoms with E-state index in [0.717, 1.165) is 11.5 Å². The third kappa shape index (κ3) is 2.88. The Kier molecular flexibility index (Phi) is 3.46. The highest BCUT2D eigenvalue weighted by Crippen LogP contribution is 2.23. The molecule has 0 saturated heterocycles. The predicted molar refractivity (Wildman–Crippen MR) is 77.0 cm³/mol. The summed E-state index contributed by atoms with van der Waals surface area (Å²) < 4.78 is 0. The monoisotopic (exact) mass is 255 g/mol. The summed E-state index contributed by atoms with van der Waals surface area (Å²) in [5.41, 5.74) is 9.21. The largest absolute Gasteiger partial charge is 0.382 e. The van der Waals surface area contributed by atoms with Gasteiger partial charge in [-0.2, -0.15) is 0 Å². The predicted octanol–water partition coefficient (Wildman–Crippen LogP) is 2.15. The Labute approximate surface area is 112 Å². The molecule has 5 nitrogen and oxygen atoms in total. The van der Waals surface area contributed by atoms with Crippen LogP contribution >= 0.6 is 0 Å². The number of hydrogen-bond acceptors (Lipinski definition) is 4. The Hall–Kier alpha value is -2.43. The van der Waals surface area contributed by atoms with Gasteiger partial charge in [0, 0.05) is 12.7 Å². The molecule has 0 fully saturated rings. The van der Waals surface area contributed by atoms with Gasteiger partial charge in [0.1, 0.15) is 11.5 Å². The van der Waals surface area contributed by atoms with Gasteiger partial charge in [-0.15, -0.1) is 0 Å². The topological polar surface area (TPSA) is 78.9 Å². The molecule has 0 aliphatic heterocycles. The van der Waals surface area contributed by atoms with E-state index < -0.39 is 0 Å². The fraction of sp³-hybridized carbons (Fsp3) is 0.214. The van der Waals surface area contributed by atoms with Crippen LogP contribution in [0.5, 0.6) is 0 Å². The fourth-order valence-electron chi connectivity index (χ4n) is 1.91. The van der Waals surface area contributed by atoms with E-state index in [4.69, 9.17) is 11.1 Å². The lowest BCUT2D eigenvalue weighted by atomic mass is 10.1. The summed E-state index contributed by atoms with van der Waals surface area (Å²) in [6.07, 6.45) is 3.13. The Morgan fingerprint density at radius 1 is 1.11 bits per heavy atom. The number of nitrogens with two attached hydrogens (primary N) is 1. The number of aromatic nitrogens is 2. The van der Waals surface area contributed by atoms with E-state index in [1.54, 1.807) is 6.20 Å². The lowest BCUT2D eigenvalue weighted by molar-refractivity contribution is 1.07. The maximum Gasteiger partial charge on any atom is 0.151 e. The first-order valence-corrected chi connectivity index (χ1v) is 5.96. The minimum atomic E-state index is -0.0758. The number of rotatable bonds is 3. The second-order valence-corrected chi connectivity index (χ2v) is 4.58. The number of amidine groups is 1. The van der Waals surface area contributed by atoms with Crippen LogP contribution in [0, 0.1) is 19.3 Å². The van der Waals surface area contributed by atoms with Gasteiger partial charge in [0.25, 0.3) is 0 Å². The first-order chi connectivity index (χ1) is 8.97. The van der Waals surface area contributed by atoms with E-state index in [0.29, 0.717) is 5.69 Å². The van der Waals surface area contributed by atoms with Crippen LogP contribution in [0.2, 0.25) is 0 Å².